The first-order chi connectivity index (χ1) is 10.3. The molecule has 0 saturated heterocycles. The van der Waals surface area contributed by atoms with Gasteiger partial charge >= 0.3 is 0 Å². The second kappa shape index (κ2) is 6.00. The molecule has 3 nitrogen and oxygen atoms in total. The van der Waals surface area contributed by atoms with E-state index in [2.05, 4.69) is 5.32 Å². The van der Waals surface area contributed by atoms with Crippen molar-refractivity contribution in [3.8, 4) is 5.75 Å². The van der Waals surface area contributed by atoms with E-state index in [1.54, 1.807) is 0 Å². The van der Waals surface area contributed by atoms with E-state index in [9.17, 15) is 4.79 Å². The molecule has 3 rings (SSSR count). The molecule has 1 aliphatic rings. The quantitative estimate of drug-likeness (QED) is 0.925. The lowest BCUT2D eigenvalue weighted by Crippen LogP contribution is -2.13. The number of carbonyl (C=O) groups is 1. The number of ether oxygens (including phenoxy) is 1. The van der Waals surface area contributed by atoms with Crippen LogP contribution in [0.25, 0.3) is 0 Å². The molecule has 21 heavy (non-hydrogen) atoms. The number of hydrogen-bond donors (Lipinski definition) is 1. The summed E-state index contributed by atoms with van der Waals surface area (Å²) in [5.41, 5.74) is 4.03. The molecule has 3 heteroatoms. The standard InChI is InChI=1S/C18H19NO2/c1-19-18-15-8-5-9-16(20)14(15)10-11-17(18)21-12-13-6-3-2-4-7-13/h2-4,6-7,10-11,19H,5,8-9,12H2,1H3. The van der Waals surface area contributed by atoms with Crippen molar-refractivity contribution >= 4 is 11.5 Å². The molecule has 0 saturated carbocycles. The molecule has 0 radical (unpaired) electrons. The van der Waals surface area contributed by atoms with Crippen molar-refractivity contribution in [2.75, 3.05) is 12.4 Å². The number of rotatable bonds is 4. The predicted octanol–water partition coefficient (Wildman–Crippen LogP) is 3.83. The number of anilines is 1. The summed E-state index contributed by atoms with van der Waals surface area (Å²) < 4.78 is 5.94. The van der Waals surface area contributed by atoms with Gasteiger partial charge in [-0.05, 0) is 36.1 Å². The molecule has 0 unspecified atom stereocenters. The van der Waals surface area contributed by atoms with Gasteiger partial charge in [-0.15, -0.1) is 0 Å². The third-order valence-corrected chi connectivity index (χ3v) is 3.89. The molecule has 0 spiro atoms. The highest BCUT2D eigenvalue weighted by Crippen LogP contribution is 2.35. The Morgan fingerprint density at radius 3 is 2.67 bits per heavy atom. The third-order valence-electron chi connectivity index (χ3n) is 3.89. The van der Waals surface area contributed by atoms with E-state index in [0.717, 1.165) is 41.0 Å². The van der Waals surface area contributed by atoms with Gasteiger partial charge < -0.3 is 10.1 Å². The van der Waals surface area contributed by atoms with Crippen LogP contribution in [-0.2, 0) is 13.0 Å². The van der Waals surface area contributed by atoms with E-state index in [1.807, 2.05) is 49.5 Å². The molecular formula is C18H19NO2. The van der Waals surface area contributed by atoms with Gasteiger partial charge in [0.2, 0.25) is 0 Å². The van der Waals surface area contributed by atoms with Crippen molar-refractivity contribution < 1.29 is 9.53 Å². The highest BCUT2D eigenvalue weighted by atomic mass is 16.5. The monoisotopic (exact) mass is 281 g/mol. The van der Waals surface area contributed by atoms with E-state index in [-0.39, 0.29) is 5.78 Å². The zero-order chi connectivity index (χ0) is 14.7. The van der Waals surface area contributed by atoms with Crippen LogP contribution < -0.4 is 10.1 Å². The van der Waals surface area contributed by atoms with Crippen molar-refractivity contribution in [1.29, 1.82) is 0 Å². The molecule has 1 aliphatic carbocycles. The summed E-state index contributed by atoms with van der Waals surface area (Å²) in [6, 6.07) is 13.9. The molecule has 1 N–H and O–H groups in total. The average molecular weight is 281 g/mol. The third kappa shape index (κ3) is 2.77. The van der Waals surface area contributed by atoms with Crippen LogP contribution in [0.2, 0.25) is 0 Å². The fourth-order valence-corrected chi connectivity index (χ4v) is 2.84. The minimum Gasteiger partial charge on any atom is -0.487 e. The number of carbonyl (C=O) groups excluding carboxylic acids is 1. The Hall–Kier alpha value is -2.29. The Kier molecular flexibility index (Phi) is 3.91. The Balaban J connectivity index is 1.87. The first-order valence-electron chi connectivity index (χ1n) is 7.33. The second-order valence-electron chi connectivity index (χ2n) is 5.27. The summed E-state index contributed by atoms with van der Waals surface area (Å²) in [6.07, 6.45) is 2.50. The van der Waals surface area contributed by atoms with Crippen molar-refractivity contribution in [3.05, 3.63) is 59.2 Å². The second-order valence-corrected chi connectivity index (χ2v) is 5.27. The fourth-order valence-electron chi connectivity index (χ4n) is 2.84. The lowest BCUT2D eigenvalue weighted by Gasteiger charge is -2.21. The SMILES string of the molecule is CNc1c(OCc2ccccc2)ccc2c1CCCC2=O. The number of benzene rings is 2. The summed E-state index contributed by atoms with van der Waals surface area (Å²) in [5.74, 6) is 1.05. The number of nitrogens with one attached hydrogen (secondary N) is 1. The maximum atomic E-state index is 12.0. The van der Waals surface area contributed by atoms with Crippen LogP contribution in [0.4, 0.5) is 5.69 Å². The summed E-state index contributed by atoms with van der Waals surface area (Å²) in [6.45, 7) is 0.530. The van der Waals surface area contributed by atoms with Gasteiger partial charge in [-0.3, -0.25) is 4.79 Å². The van der Waals surface area contributed by atoms with Crippen LogP contribution in [0.5, 0.6) is 5.75 Å². The Labute approximate surface area is 124 Å². The highest BCUT2D eigenvalue weighted by molar-refractivity contribution is 6.00. The van der Waals surface area contributed by atoms with Gasteiger partial charge in [0.05, 0.1) is 5.69 Å². The summed E-state index contributed by atoms with van der Waals surface area (Å²) in [5, 5.41) is 3.20. The van der Waals surface area contributed by atoms with Crippen LogP contribution in [0.15, 0.2) is 42.5 Å². The fraction of sp³-hybridized carbons (Fsp3) is 0.278. The van der Waals surface area contributed by atoms with Gasteiger partial charge in [0, 0.05) is 19.0 Å². The molecule has 0 amide bonds. The molecule has 0 heterocycles. The van der Waals surface area contributed by atoms with Crippen LogP contribution in [0, 0.1) is 0 Å². The number of ketones is 1. The van der Waals surface area contributed by atoms with E-state index in [0.29, 0.717) is 13.0 Å². The maximum Gasteiger partial charge on any atom is 0.163 e. The molecule has 0 fully saturated rings. The van der Waals surface area contributed by atoms with Crippen molar-refractivity contribution in [2.45, 2.75) is 25.9 Å². The number of fused-ring (bicyclic) bond motifs is 1. The van der Waals surface area contributed by atoms with E-state index in [1.165, 1.54) is 0 Å². The van der Waals surface area contributed by atoms with Gasteiger partial charge in [-0.1, -0.05) is 30.3 Å². The van der Waals surface area contributed by atoms with E-state index >= 15 is 0 Å². The van der Waals surface area contributed by atoms with Gasteiger partial charge in [-0.2, -0.15) is 0 Å². The number of hydrogen-bond acceptors (Lipinski definition) is 3. The van der Waals surface area contributed by atoms with Crippen LogP contribution in [0.1, 0.15) is 34.3 Å². The van der Waals surface area contributed by atoms with E-state index < -0.39 is 0 Å². The molecular weight excluding hydrogens is 262 g/mol. The summed E-state index contributed by atoms with van der Waals surface area (Å²) >= 11 is 0. The van der Waals surface area contributed by atoms with Gasteiger partial charge in [0.25, 0.3) is 0 Å². The molecule has 0 aliphatic heterocycles. The largest absolute Gasteiger partial charge is 0.487 e. The molecule has 108 valence electrons. The van der Waals surface area contributed by atoms with Crippen LogP contribution in [0.3, 0.4) is 0 Å². The first-order valence-corrected chi connectivity index (χ1v) is 7.33. The van der Waals surface area contributed by atoms with Crippen LogP contribution >= 0.6 is 0 Å². The topological polar surface area (TPSA) is 38.3 Å². The maximum absolute atomic E-state index is 12.0. The highest BCUT2D eigenvalue weighted by Gasteiger charge is 2.22. The molecule has 0 aromatic heterocycles. The Morgan fingerprint density at radius 1 is 1.10 bits per heavy atom. The lowest BCUT2D eigenvalue weighted by molar-refractivity contribution is 0.0972. The average Bonchev–Trinajstić information content (AvgIpc) is 2.53. The van der Waals surface area contributed by atoms with Crippen molar-refractivity contribution in [2.24, 2.45) is 0 Å². The Bertz CT molecular complexity index is 650. The van der Waals surface area contributed by atoms with Crippen LogP contribution in [-0.4, -0.2) is 12.8 Å². The summed E-state index contributed by atoms with van der Waals surface area (Å²) in [4.78, 5) is 12.0. The smallest absolute Gasteiger partial charge is 0.163 e. The number of Topliss-reactive ketones (excluding diaryl/α,β-unsaturated/α-hetero) is 1. The predicted molar refractivity (Wildman–Crippen MR) is 84.0 cm³/mol. The van der Waals surface area contributed by atoms with Crippen molar-refractivity contribution in [1.82, 2.24) is 0 Å². The summed E-state index contributed by atoms with van der Waals surface area (Å²) in [7, 11) is 1.88. The van der Waals surface area contributed by atoms with Crippen molar-refractivity contribution in [3.63, 3.8) is 0 Å². The Morgan fingerprint density at radius 2 is 1.90 bits per heavy atom. The minimum atomic E-state index is 0.238. The lowest BCUT2D eigenvalue weighted by atomic mass is 9.89. The molecule has 0 atom stereocenters. The minimum absolute atomic E-state index is 0.238. The first kappa shape index (κ1) is 13.7. The van der Waals surface area contributed by atoms with Gasteiger partial charge in [0.15, 0.2) is 5.78 Å². The molecule has 2 aromatic rings. The molecule has 2 aromatic carbocycles. The zero-order valence-electron chi connectivity index (χ0n) is 12.2. The zero-order valence-corrected chi connectivity index (χ0v) is 12.2. The molecule has 0 bridgehead atoms. The van der Waals surface area contributed by atoms with E-state index in [4.69, 9.17) is 4.74 Å². The van der Waals surface area contributed by atoms with Gasteiger partial charge in [-0.25, -0.2) is 0 Å². The van der Waals surface area contributed by atoms with Gasteiger partial charge in [0.1, 0.15) is 12.4 Å². The normalized spacial score (nSPS) is 13.7.